The number of hydrogen-bond donors (Lipinski definition) is 1. The molecule has 0 atom stereocenters. The van der Waals surface area contributed by atoms with Crippen molar-refractivity contribution in [1.82, 2.24) is 19.4 Å². The summed E-state index contributed by atoms with van der Waals surface area (Å²) in [4.78, 5) is 36.3. The van der Waals surface area contributed by atoms with Crippen LogP contribution in [-0.2, 0) is 4.79 Å². The van der Waals surface area contributed by atoms with Crippen molar-refractivity contribution in [2.45, 2.75) is 31.3 Å². The summed E-state index contributed by atoms with van der Waals surface area (Å²) >= 11 is 1.34. The number of nitrogens with zero attached hydrogens (tertiary/aromatic N) is 3. The van der Waals surface area contributed by atoms with Crippen LogP contribution in [0.15, 0.2) is 58.5 Å². The molecule has 0 saturated carbocycles. The first-order chi connectivity index (χ1) is 15.1. The molecule has 4 aromatic rings. The van der Waals surface area contributed by atoms with E-state index in [0.717, 1.165) is 48.1 Å². The Hall–Kier alpha value is -3.06. The zero-order chi connectivity index (χ0) is 21.4. The van der Waals surface area contributed by atoms with E-state index in [2.05, 4.69) is 4.98 Å². The number of amides is 1. The zero-order valence-corrected chi connectivity index (χ0v) is 18.2. The van der Waals surface area contributed by atoms with E-state index in [-0.39, 0.29) is 17.2 Å². The van der Waals surface area contributed by atoms with Crippen LogP contribution in [0.3, 0.4) is 0 Å². The Morgan fingerprint density at radius 1 is 1.06 bits per heavy atom. The number of hydrogen-bond acceptors (Lipinski definition) is 4. The van der Waals surface area contributed by atoms with E-state index in [1.807, 2.05) is 60.4 Å². The summed E-state index contributed by atoms with van der Waals surface area (Å²) in [6, 6.07) is 15.6. The van der Waals surface area contributed by atoms with E-state index in [9.17, 15) is 9.59 Å². The van der Waals surface area contributed by atoms with Gasteiger partial charge in [-0.05, 0) is 44.4 Å². The molecular formula is C24H24N4O2S. The number of benzene rings is 2. The molecule has 1 saturated heterocycles. The smallest absolute Gasteiger partial charge is 0.283 e. The van der Waals surface area contributed by atoms with Crippen LogP contribution in [0.1, 0.15) is 24.8 Å². The normalized spacial score (nSPS) is 14.4. The average molecular weight is 433 g/mol. The summed E-state index contributed by atoms with van der Waals surface area (Å²) in [5.74, 6) is 0.375. The second-order valence-electron chi connectivity index (χ2n) is 7.99. The summed E-state index contributed by atoms with van der Waals surface area (Å²) in [5.41, 5.74) is 3.72. The number of para-hydroxylation sites is 1. The maximum Gasteiger partial charge on any atom is 0.283 e. The molecule has 2 aromatic heterocycles. The molecule has 0 radical (unpaired) electrons. The highest BCUT2D eigenvalue weighted by Gasteiger charge is 2.20. The maximum absolute atomic E-state index is 13.5. The van der Waals surface area contributed by atoms with Crippen molar-refractivity contribution >= 4 is 39.6 Å². The lowest BCUT2D eigenvalue weighted by molar-refractivity contribution is -0.129. The van der Waals surface area contributed by atoms with E-state index in [4.69, 9.17) is 4.98 Å². The van der Waals surface area contributed by atoms with Crippen LogP contribution < -0.4 is 5.56 Å². The van der Waals surface area contributed by atoms with Crippen LogP contribution in [0, 0.1) is 6.92 Å². The first-order valence-electron chi connectivity index (χ1n) is 10.6. The lowest BCUT2D eigenvalue weighted by Crippen LogP contribution is -2.36. The third-order valence-electron chi connectivity index (χ3n) is 5.82. The largest absolute Gasteiger partial charge is 0.349 e. The first kappa shape index (κ1) is 19.9. The minimum absolute atomic E-state index is 0.105. The van der Waals surface area contributed by atoms with Crippen molar-refractivity contribution in [3.63, 3.8) is 0 Å². The van der Waals surface area contributed by atoms with E-state index in [1.165, 1.54) is 18.2 Å². The average Bonchev–Trinajstić information content (AvgIpc) is 3.18. The monoisotopic (exact) mass is 432 g/mol. The van der Waals surface area contributed by atoms with Crippen molar-refractivity contribution in [1.29, 1.82) is 0 Å². The second kappa shape index (κ2) is 8.23. The molecule has 2 aromatic carbocycles. The Morgan fingerprint density at radius 2 is 1.81 bits per heavy atom. The van der Waals surface area contributed by atoms with Crippen molar-refractivity contribution < 1.29 is 4.79 Å². The standard InChI is InChI=1S/C24H24N4O2S/c1-16-9-11-17(12-10-16)28-23(30)22-21(18-7-3-4-8-19(18)25-22)26-24(28)31-15-20(29)27-13-5-2-6-14-27/h3-4,7-12,25H,2,5-6,13-15H2,1H3. The Labute approximate surface area is 184 Å². The predicted molar refractivity (Wildman–Crippen MR) is 125 cm³/mol. The van der Waals surface area contributed by atoms with Crippen LogP contribution in [0.25, 0.3) is 27.6 Å². The number of rotatable bonds is 4. The van der Waals surface area contributed by atoms with Gasteiger partial charge in [-0.2, -0.15) is 0 Å². The number of aryl methyl sites for hydroxylation is 1. The topological polar surface area (TPSA) is 71.0 Å². The van der Waals surface area contributed by atoms with Gasteiger partial charge in [0.05, 0.1) is 11.4 Å². The van der Waals surface area contributed by atoms with Crippen molar-refractivity contribution in [3.05, 3.63) is 64.4 Å². The molecule has 1 aliphatic rings. The number of piperidine rings is 1. The van der Waals surface area contributed by atoms with Gasteiger partial charge in [-0.15, -0.1) is 0 Å². The number of carbonyl (C=O) groups is 1. The molecule has 1 amide bonds. The van der Waals surface area contributed by atoms with E-state index in [1.54, 1.807) is 4.57 Å². The highest BCUT2D eigenvalue weighted by atomic mass is 32.2. The summed E-state index contributed by atoms with van der Waals surface area (Å²) in [7, 11) is 0. The highest BCUT2D eigenvalue weighted by molar-refractivity contribution is 7.99. The molecule has 1 aliphatic heterocycles. The minimum atomic E-state index is -0.155. The molecule has 7 heteroatoms. The predicted octanol–water partition coefficient (Wildman–Crippen LogP) is 4.28. The molecule has 0 bridgehead atoms. The molecule has 158 valence electrons. The summed E-state index contributed by atoms with van der Waals surface area (Å²) in [5, 5.41) is 1.45. The molecule has 1 fully saturated rings. The first-order valence-corrected chi connectivity index (χ1v) is 11.6. The summed E-state index contributed by atoms with van der Waals surface area (Å²) in [6.45, 7) is 3.65. The van der Waals surface area contributed by atoms with Crippen LogP contribution in [0.2, 0.25) is 0 Å². The van der Waals surface area contributed by atoms with Crippen LogP contribution >= 0.6 is 11.8 Å². The lowest BCUT2D eigenvalue weighted by atomic mass is 10.1. The minimum Gasteiger partial charge on any atom is -0.349 e. The second-order valence-corrected chi connectivity index (χ2v) is 8.94. The number of aromatic amines is 1. The van der Waals surface area contributed by atoms with Gasteiger partial charge in [0.1, 0.15) is 11.0 Å². The number of thioether (sulfide) groups is 1. The molecule has 31 heavy (non-hydrogen) atoms. The molecule has 3 heterocycles. The van der Waals surface area contributed by atoms with Crippen LogP contribution in [0.4, 0.5) is 0 Å². The molecule has 0 unspecified atom stereocenters. The van der Waals surface area contributed by atoms with Crippen LogP contribution in [-0.4, -0.2) is 44.2 Å². The Balaban J connectivity index is 1.60. The van der Waals surface area contributed by atoms with Crippen LogP contribution in [0.5, 0.6) is 0 Å². The number of H-pyrrole nitrogens is 1. The fourth-order valence-electron chi connectivity index (χ4n) is 4.12. The number of aromatic nitrogens is 3. The van der Waals surface area contributed by atoms with Gasteiger partial charge < -0.3 is 9.88 Å². The lowest BCUT2D eigenvalue weighted by Gasteiger charge is -2.26. The number of likely N-dealkylation sites (tertiary alicyclic amines) is 1. The van der Waals surface area contributed by atoms with E-state index >= 15 is 0 Å². The van der Waals surface area contributed by atoms with Crippen molar-refractivity contribution in [2.24, 2.45) is 0 Å². The van der Waals surface area contributed by atoms with Gasteiger partial charge in [-0.1, -0.05) is 47.7 Å². The Bertz CT molecular complexity index is 1320. The Kier molecular flexibility index (Phi) is 5.28. The zero-order valence-electron chi connectivity index (χ0n) is 17.4. The molecular weight excluding hydrogens is 408 g/mol. The third-order valence-corrected chi connectivity index (χ3v) is 6.74. The Morgan fingerprint density at radius 3 is 2.58 bits per heavy atom. The van der Waals surface area contributed by atoms with Crippen molar-refractivity contribution in [3.8, 4) is 5.69 Å². The maximum atomic E-state index is 13.5. The van der Waals surface area contributed by atoms with E-state index in [0.29, 0.717) is 16.2 Å². The number of nitrogens with one attached hydrogen (secondary N) is 1. The fourth-order valence-corrected chi connectivity index (χ4v) is 5.03. The van der Waals surface area contributed by atoms with Gasteiger partial charge >= 0.3 is 0 Å². The van der Waals surface area contributed by atoms with Gasteiger partial charge in [0.2, 0.25) is 5.91 Å². The quantitative estimate of drug-likeness (QED) is 0.386. The van der Waals surface area contributed by atoms with Crippen molar-refractivity contribution in [2.75, 3.05) is 18.8 Å². The van der Waals surface area contributed by atoms with E-state index < -0.39 is 0 Å². The molecule has 1 N–H and O–H groups in total. The van der Waals surface area contributed by atoms with Gasteiger partial charge in [0.25, 0.3) is 5.56 Å². The van der Waals surface area contributed by atoms with Gasteiger partial charge in [0.15, 0.2) is 5.16 Å². The molecule has 6 nitrogen and oxygen atoms in total. The molecule has 0 aliphatic carbocycles. The SMILES string of the molecule is Cc1ccc(-n2c(SCC(=O)N3CCCCC3)nc3c([nH]c4ccccc43)c2=O)cc1. The fraction of sp³-hybridized carbons (Fsp3) is 0.292. The molecule has 5 rings (SSSR count). The summed E-state index contributed by atoms with van der Waals surface area (Å²) in [6.07, 6.45) is 3.30. The number of fused-ring (bicyclic) bond motifs is 3. The molecule has 0 spiro atoms. The number of carbonyl (C=O) groups excluding carboxylic acids is 1. The van der Waals surface area contributed by atoms with Gasteiger partial charge in [0, 0.05) is 24.0 Å². The van der Waals surface area contributed by atoms with Gasteiger partial charge in [-0.3, -0.25) is 14.2 Å². The highest BCUT2D eigenvalue weighted by Crippen LogP contribution is 2.27. The third kappa shape index (κ3) is 3.74. The van der Waals surface area contributed by atoms with Gasteiger partial charge in [-0.25, -0.2) is 4.98 Å². The summed E-state index contributed by atoms with van der Waals surface area (Å²) < 4.78 is 1.62.